The van der Waals surface area contributed by atoms with Crippen LogP contribution in [0.25, 0.3) is 0 Å². The summed E-state index contributed by atoms with van der Waals surface area (Å²) >= 11 is 0. The number of carbonyl (C=O) groups is 1. The summed E-state index contributed by atoms with van der Waals surface area (Å²) in [6.07, 6.45) is 1.47. The Morgan fingerprint density at radius 1 is 1.14 bits per heavy atom. The number of hydrogen-bond acceptors (Lipinski definition) is 4. The Labute approximate surface area is 167 Å². The fraction of sp³-hybridized carbons (Fsp3) is 0.182. The summed E-state index contributed by atoms with van der Waals surface area (Å²) in [6, 6.07) is 13.2. The zero-order valence-corrected chi connectivity index (χ0v) is 16.1. The number of pyridine rings is 1. The third kappa shape index (κ3) is 5.14. The molecule has 1 aromatic heterocycles. The third-order valence-corrected chi connectivity index (χ3v) is 4.28. The zero-order chi connectivity index (χ0) is 21.0. The summed E-state index contributed by atoms with van der Waals surface area (Å²) < 4.78 is 33.0. The number of carbonyl (C=O) groups excluding carboxylic acids is 1. The van der Waals surface area contributed by atoms with Crippen molar-refractivity contribution in [2.24, 2.45) is 5.73 Å². The Hall–Kier alpha value is -3.32. The number of ether oxygens (including phenoxy) is 1. The minimum atomic E-state index is -0.662. The lowest BCUT2D eigenvalue weighted by molar-refractivity contribution is 0.0947. The maximum Gasteiger partial charge on any atom is 0.257 e. The molecule has 0 spiro atoms. The van der Waals surface area contributed by atoms with E-state index >= 15 is 0 Å². The molecular formula is C22H21F2N3O2. The molecule has 0 aliphatic carbocycles. The Morgan fingerprint density at radius 2 is 1.86 bits per heavy atom. The number of amides is 1. The van der Waals surface area contributed by atoms with E-state index in [0.717, 1.165) is 0 Å². The van der Waals surface area contributed by atoms with Crippen molar-refractivity contribution in [1.29, 1.82) is 0 Å². The predicted octanol–water partition coefficient (Wildman–Crippen LogP) is 4.28. The highest BCUT2D eigenvalue weighted by molar-refractivity contribution is 5.96. The Balaban J connectivity index is 1.72. The first-order valence-electron chi connectivity index (χ1n) is 8.98. The SMILES string of the molecule is CC(C)(N)c1ccc(CNC(=O)c2cccnc2Oc2ccc(F)cc2)c(F)c1. The molecule has 3 N–H and O–H groups in total. The molecule has 0 unspecified atom stereocenters. The van der Waals surface area contributed by atoms with Crippen molar-refractivity contribution in [2.45, 2.75) is 25.9 Å². The maximum absolute atomic E-state index is 14.4. The highest BCUT2D eigenvalue weighted by atomic mass is 19.1. The monoisotopic (exact) mass is 397 g/mol. The molecule has 0 aliphatic rings. The number of halogens is 2. The second kappa shape index (κ2) is 8.36. The van der Waals surface area contributed by atoms with Crippen molar-refractivity contribution < 1.29 is 18.3 Å². The van der Waals surface area contributed by atoms with Gasteiger partial charge >= 0.3 is 0 Å². The van der Waals surface area contributed by atoms with Gasteiger partial charge in [0.15, 0.2) is 0 Å². The molecule has 1 amide bonds. The molecule has 3 aromatic rings. The molecule has 29 heavy (non-hydrogen) atoms. The van der Waals surface area contributed by atoms with Crippen molar-refractivity contribution in [1.82, 2.24) is 10.3 Å². The Morgan fingerprint density at radius 3 is 2.52 bits per heavy atom. The van der Waals surface area contributed by atoms with Crippen molar-refractivity contribution in [3.63, 3.8) is 0 Å². The van der Waals surface area contributed by atoms with E-state index in [1.54, 1.807) is 32.0 Å². The number of nitrogens with two attached hydrogens (primary N) is 1. The van der Waals surface area contributed by atoms with Gasteiger partial charge in [0.05, 0.1) is 0 Å². The van der Waals surface area contributed by atoms with Gasteiger partial charge in [-0.2, -0.15) is 0 Å². The summed E-state index contributed by atoms with van der Waals surface area (Å²) in [5, 5.41) is 2.66. The molecule has 150 valence electrons. The largest absolute Gasteiger partial charge is 0.438 e. The van der Waals surface area contributed by atoms with Crippen LogP contribution in [0, 0.1) is 11.6 Å². The van der Waals surface area contributed by atoms with E-state index in [1.807, 2.05) is 0 Å². The van der Waals surface area contributed by atoms with Crippen LogP contribution in [0.1, 0.15) is 35.3 Å². The van der Waals surface area contributed by atoms with Crippen LogP contribution in [0.15, 0.2) is 60.8 Å². The van der Waals surface area contributed by atoms with E-state index < -0.39 is 23.1 Å². The number of hydrogen-bond donors (Lipinski definition) is 2. The molecule has 0 saturated carbocycles. The number of rotatable bonds is 6. The Kier molecular flexibility index (Phi) is 5.89. The molecule has 5 nitrogen and oxygen atoms in total. The number of nitrogens with zero attached hydrogens (tertiary/aromatic N) is 1. The van der Waals surface area contributed by atoms with Crippen LogP contribution in [-0.4, -0.2) is 10.9 Å². The van der Waals surface area contributed by atoms with E-state index in [9.17, 15) is 13.6 Å². The van der Waals surface area contributed by atoms with E-state index in [-0.39, 0.29) is 18.0 Å². The molecular weight excluding hydrogens is 376 g/mol. The zero-order valence-electron chi connectivity index (χ0n) is 16.1. The van der Waals surface area contributed by atoms with Gasteiger partial charge in [0.2, 0.25) is 5.88 Å². The lowest BCUT2D eigenvalue weighted by Gasteiger charge is -2.20. The summed E-state index contributed by atoms with van der Waals surface area (Å²) in [4.78, 5) is 16.7. The normalized spacial score (nSPS) is 11.2. The van der Waals surface area contributed by atoms with Gasteiger partial charge in [0, 0.05) is 23.8 Å². The van der Waals surface area contributed by atoms with Gasteiger partial charge in [0.25, 0.3) is 5.91 Å². The standard InChI is InChI=1S/C22H21F2N3O2/c1-22(2,25)15-6-5-14(19(24)12-15)13-27-20(28)18-4-3-11-26-21(18)29-17-9-7-16(23)8-10-17/h3-12H,13,25H2,1-2H3,(H,27,28). The molecule has 3 rings (SSSR count). The van der Waals surface area contributed by atoms with E-state index in [2.05, 4.69) is 10.3 Å². The van der Waals surface area contributed by atoms with Crippen LogP contribution < -0.4 is 15.8 Å². The topological polar surface area (TPSA) is 77.2 Å². The first-order valence-corrected chi connectivity index (χ1v) is 8.98. The van der Waals surface area contributed by atoms with Gasteiger partial charge in [-0.3, -0.25) is 4.79 Å². The number of benzene rings is 2. The number of nitrogens with one attached hydrogen (secondary N) is 1. The van der Waals surface area contributed by atoms with Crippen molar-refractivity contribution in [3.8, 4) is 11.6 Å². The van der Waals surface area contributed by atoms with Crippen LogP contribution in [0.4, 0.5) is 8.78 Å². The van der Waals surface area contributed by atoms with Gasteiger partial charge < -0.3 is 15.8 Å². The quantitative estimate of drug-likeness (QED) is 0.651. The van der Waals surface area contributed by atoms with Crippen LogP contribution in [0.3, 0.4) is 0 Å². The van der Waals surface area contributed by atoms with Crippen molar-refractivity contribution >= 4 is 5.91 Å². The molecule has 0 aliphatic heterocycles. The highest BCUT2D eigenvalue weighted by Gasteiger charge is 2.18. The fourth-order valence-corrected chi connectivity index (χ4v) is 2.62. The van der Waals surface area contributed by atoms with Gasteiger partial charge in [-0.25, -0.2) is 13.8 Å². The lowest BCUT2D eigenvalue weighted by Crippen LogP contribution is -2.29. The van der Waals surface area contributed by atoms with Crippen molar-refractivity contribution in [2.75, 3.05) is 0 Å². The van der Waals surface area contributed by atoms with Crippen LogP contribution in [0.2, 0.25) is 0 Å². The fourth-order valence-electron chi connectivity index (χ4n) is 2.62. The summed E-state index contributed by atoms with van der Waals surface area (Å²) in [6.45, 7) is 3.56. The molecule has 2 aromatic carbocycles. The lowest BCUT2D eigenvalue weighted by atomic mass is 9.94. The van der Waals surface area contributed by atoms with E-state index in [0.29, 0.717) is 16.9 Å². The van der Waals surface area contributed by atoms with E-state index in [1.165, 1.54) is 42.6 Å². The minimum absolute atomic E-state index is 0.0131. The molecule has 1 heterocycles. The minimum Gasteiger partial charge on any atom is -0.438 e. The maximum atomic E-state index is 14.4. The van der Waals surface area contributed by atoms with Gasteiger partial charge in [-0.1, -0.05) is 12.1 Å². The average Bonchev–Trinajstić information content (AvgIpc) is 2.68. The van der Waals surface area contributed by atoms with E-state index in [4.69, 9.17) is 10.5 Å². The highest BCUT2D eigenvalue weighted by Crippen LogP contribution is 2.24. The average molecular weight is 397 g/mol. The summed E-state index contributed by atoms with van der Waals surface area (Å²) in [7, 11) is 0. The predicted molar refractivity (Wildman–Crippen MR) is 105 cm³/mol. The van der Waals surface area contributed by atoms with Gasteiger partial charge in [-0.05, 0) is 61.9 Å². The summed E-state index contributed by atoms with van der Waals surface area (Å²) in [5.74, 6) is -0.918. The summed E-state index contributed by atoms with van der Waals surface area (Å²) in [5.41, 5.74) is 6.49. The Bertz CT molecular complexity index is 1020. The smallest absolute Gasteiger partial charge is 0.257 e. The second-order valence-electron chi connectivity index (χ2n) is 7.12. The molecule has 0 bridgehead atoms. The van der Waals surface area contributed by atoms with Crippen LogP contribution in [-0.2, 0) is 12.1 Å². The van der Waals surface area contributed by atoms with Gasteiger partial charge in [-0.15, -0.1) is 0 Å². The van der Waals surface area contributed by atoms with Gasteiger partial charge in [0.1, 0.15) is 22.9 Å². The first kappa shape index (κ1) is 20.4. The molecule has 0 atom stereocenters. The molecule has 7 heteroatoms. The molecule has 0 radical (unpaired) electrons. The van der Waals surface area contributed by atoms with Crippen LogP contribution in [0.5, 0.6) is 11.6 Å². The van der Waals surface area contributed by atoms with Crippen LogP contribution >= 0.6 is 0 Å². The molecule has 0 saturated heterocycles. The van der Waals surface area contributed by atoms with Crippen molar-refractivity contribution in [3.05, 3.63) is 89.1 Å². The molecule has 0 fully saturated rings. The first-order chi connectivity index (χ1) is 13.7. The second-order valence-corrected chi connectivity index (χ2v) is 7.12. The third-order valence-electron chi connectivity index (χ3n) is 4.28. The number of aromatic nitrogens is 1.